The number of benzene rings is 1. The van der Waals surface area contributed by atoms with Gasteiger partial charge in [-0.1, -0.05) is 0 Å². The number of piperidine rings is 1. The van der Waals surface area contributed by atoms with Gasteiger partial charge in [-0.3, -0.25) is 14.1 Å². The van der Waals surface area contributed by atoms with Crippen LogP contribution in [0.1, 0.15) is 12.8 Å². The van der Waals surface area contributed by atoms with Gasteiger partial charge in [0.1, 0.15) is 0 Å². The number of pyridine rings is 1. The van der Waals surface area contributed by atoms with Gasteiger partial charge in [-0.2, -0.15) is 0 Å². The number of rotatable bonds is 4. The van der Waals surface area contributed by atoms with Gasteiger partial charge in [-0.15, -0.1) is 0 Å². The number of aromatic nitrogens is 3. The van der Waals surface area contributed by atoms with Crippen LogP contribution < -0.4 is 20.5 Å². The second-order valence-electron chi connectivity index (χ2n) is 6.86. The normalized spacial score (nSPS) is 15.7. The smallest absolute Gasteiger partial charge is 0.328 e. The Morgan fingerprint density at radius 3 is 2.58 bits per heavy atom. The zero-order valence-corrected chi connectivity index (χ0v) is 15.4. The number of hydrogen-bond donors (Lipinski definition) is 1. The monoisotopic (exact) mass is 356 g/mol. The van der Waals surface area contributed by atoms with E-state index in [4.69, 9.17) is 9.47 Å². The van der Waals surface area contributed by atoms with Crippen molar-refractivity contribution in [2.75, 3.05) is 27.3 Å². The number of aryl methyl sites for hydroxylation is 1. The van der Waals surface area contributed by atoms with Crippen molar-refractivity contribution in [3.05, 3.63) is 28.8 Å². The molecule has 0 unspecified atom stereocenters. The minimum atomic E-state index is 0.00242. The summed E-state index contributed by atoms with van der Waals surface area (Å²) < 4.78 is 14.4. The molecule has 2 aromatic heterocycles. The van der Waals surface area contributed by atoms with Crippen molar-refractivity contribution in [1.82, 2.24) is 19.4 Å². The maximum absolute atomic E-state index is 12.9. The van der Waals surface area contributed by atoms with Crippen molar-refractivity contribution >= 4 is 21.9 Å². The topological polar surface area (TPSA) is 70.3 Å². The molecule has 1 aromatic carbocycles. The second kappa shape index (κ2) is 6.64. The van der Waals surface area contributed by atoms with Gasteiger partial charge in [-0.25, -0.2) is 4.79 Å². The number of fused-ring (bicyclic) bond motifs is 3. The lowest BCUT2D eigenvalue weighted by Gasteiger charge is -2.23. The summed E-state index contributed by atoms with van der Waals surface area (Å²) in [6, 6.07) is 3.78. The van der Waals surface area contributed by atoms with Gasteiger partial charge in [-0.05, 0) is 37.9 Å². The van der Waals surface area contributed by atoms with Crippen molar-refractivity contribution in [2.45, 2.75) is 19.4 Å². The Kier molecular flexibility index (Phi) is 4.32. The molecule has 7 nitrogen and oxygen atoms in total. The summed E-state index contributed by atoms with van der Waals surface area (Å²) in [6.45, 7) is 2.75. The number of ether oxygens (including phenoxy) is 2. The van der Waals surface area contributed by atoms with E-state index in [1.165, 1.54) is 0 Å². The van der Waals surface area contributed by atoms with Crippen molar-refractivity contribution in [3.63, 3.8) is 0 Å². The maximum Gasteiger partial charge on any atom is 0.328 e. The predicted molar refractivity (Wildman–Crippen MR) is 101 cm³/mol. The third-order valence-corrected chi connectivity index (χ3v) is 5.37. The summed E-state index contributed by atoms with van der Waals surface area (Å²) in [6.07, 6.45) is 3.94. The summed E-state index contributed by atoms with van der Waals surface area (Å²) in [7, 11) is 5.03. The maximum atomic E-state index is 12.9. The molecule has 1 saturated heterocycles. The van der Waals surface area contributed by atoms with Crippen LogP contribution in [0, 0.1) is 5.92 Å². The second-order valence-corrected chi connectivity index (χ2v) is 6.86. The Hall–Kier alpha value is -2.54. The van der Waals surface area contributed by atoms with Crippen LogP contribution >= 0.6 is 0 Å². The molecule has 0 atom stereocenters. The first-order valence-electron chi connectivity index (χ1n) is 8.94. The molecule has 1 N–H and O–H groups in total. The zero-order chi connectivity index (χ0) is 18.3. The molecule has 4 rings (SSSR count). The lowest BCUT2D eigenvalue weighted by molar-refractivity contribution is 0.332. The fraction of sp³-hybridized carbons (Fsp3) is 0.474. The summed E-state index contributed by atoms with van der Waals surface area (Å²) in [5, 5.41) is 4.29. The van der Waals surface area contributed by atoms with Gasteiger partial charge >= 0.3 is 5.69 Å². The molecule has 26 heavy (non-hydrogen) atoms. The third kappa shape index (κ3) is 2.63. The first-order valence-corrected chi connectivity index (χ1v) is 8.94. The molecule has 3 aromatic rings. The van der Waals surface area contributed by atoms with Crippen molar-refractivity contribution in [2.24, 2.45) is 13.0 Å². The Balaban J connectivity index is 1.96. The zero-order valence-electron chi connectivity index (χ0n) is 15.4. The van der Waals surface area contributed by atoms with Gasteiger partial charge in [0.05, 0.1) is 37.0 Å². The lowest BCUT2D eigenvalue weighted by Crippen LogP contribution is -2.32. The molecule has 0 radical (unpaired) electrons. The lowest BCUT2D eigenvalue weighted by atomic mass is 9.98. The van der Waals surface area contributed by atoms with Crippen LogP contribution in [-0.4, -0.2) is 41.4 Å². The quantitative estimate of drug-likeness (QED) is 0.773. The standard InChI is InChI=1S/C19H24N4O3/c1-22-15-10-21-14-9-17(26-3)16(25-2)8-13(14)18(15)23(19(22)24)11-12-4-6-20-7-5-12/h8-10,12,20H,4-7,11H2,1-3H3. The highest BCUT2D eigenvalue weighted by Gasteiger charge is 2.20. The highest BCUT2D eigenvalue weighted by atomic mass is 16.5. The van der Waals surface area contributed by atoms with Crippen LogP contribution in [0.5, 0.6) is 11.5 Å². The van der Waals surface area contributed by atoms with Crippen molar-refractivity contribution < 1.29 is 9.47 Å². The largest absolute Gasteiger partial charge is 0.493 e. The van der Waals surface area contributed by atoms with E-state index in [1.807, 2.05) is 16.7 Å². The molecule has 0 spiro atoms. The molecule has 3 heterocycles. The SMILES string of the molecule is COc1cc2ncc3c(c2cc1OC)n(CC1CCNCC1)c(=O)n3C. The fourth-order valence-electron chi connectivity index (χ4n) is 3.90. The highest BCUT2D eigenvalue weighted by molar-refractivity contribution is 6.03. The first kappa shape index (κ1) is 16.9. The minimum Gasteiger partial charge on any atom is -0.493 e. The van der Waals surface area contributed by atoms with E-state index in [-0.39, 0.29) is 5.69 Å². The Labute approximate surface area is 151 Å². The Morgan fingerprint density at radius 2 is 1.88 bits per heavy atom. The van der Waals surface area contributed by atoms with Crippen LogP contribution in [0.15, 0.2) is 23.1 Å². The predicted octanol–water partition coefficient (Wildman–Crippen LogP) is 1.90. The van der Waals surface area contributed by atoms with E-state index in [0.29, 0.717) is 17.4 Å². The molecule has 0 saturated carbocycles. The minimum absolute atomic E-state index is 0.00242. The number of nitrogens with zero attached hydrogens (tertiary/aromatic N) is 3. The summed E-state index contributed by atoms with van der Waals surface area (Å²) in [5.74, 6) is 1.77. The number of nitrogens with one attached hydrogen (secondary N) is 1. The highest BCUT2D eigenvalue weighted by Crippen LogP contribution is 2.34. The van der Waals surface area contributed by atoms with Crippen LogP contribution in [-0.2, 0) is 13.6 Å². The molecule has 0 amide bonds. The van der Waals surface area contributed by atoms with Crippen LogP contribution in [0.25, 0.3) is 21.9 Å². The van der Waals surface area contributed by atoms with Crippen molar-refractivity contribution in [3.8, 4) is 11.5 Å². The number of methoxy groups -OCH3 is 2. The fourth-order valence-corrected chi connectivity index (χ4v) is 3.90. The van der Waals surface area contributed by atoms with Crippen LogP contribution in [0.4, 0.5) is 0 Å². The summed E-state index contributed by atoms with van der Waals surface area (Å²) in [4.78, 5) is 17.4. The van der Waals surface area contributed by atoms with Gasteiger partial charge in [0.25, 0.3) is 0 Å². The van der Waals surface area contributed by atoms with Crippen molar-refractivity contribution in [1.29, 1.82) is 0 Å². The van der Waals surface area contributed by atoms with E-state index in [0.717, 1.165) is 54.4 Å². The Bertz CT molecular complexity index is 1020. The molecule has 0 aliphatic carbocycles. The third-order valence-electron chi connectivity index (χ3n) is 5.37. The van der Waals surface area contributed by atoms with Gasteiger partial charge in [0.15, 0.2) is 11.5 Å². The van der Waals surface area contributed by atoms with Gasteiger partial charge < -0.3 is 14.8 Å². The van der Waals surface area contributed by atoms with Crippen LogP contribution in [0.2, 0.25) is 0 Å². The summed E-state index contributed by atoms with van der Waals surface area (Å²) in [5.41, 5.74) is 2.55. The molecule has 7 heteroatoms. The molecule has 0 bridgehead atoms. The van der Waals surface area contributed by atoms with E-state index < -0.39 is 0 Å². The van der Waals surface area contributed by atoms with Gasteiger partial charge in [0, 0.05) is 25.0 Å². The summed E-state index contributed by atoms with van der Waals surface area (Å²) >= 11 is 0. The molecular formula is C19H24N4O3. The van der Waals surface area contributed by atoms with E-state index >= 15 is 0 Å². The average molecular weight is 356 g/mol. The molecular weight excluding hydrogens is 332 g/mol. The molecule has 1 aliphatic rings. The first-order chi connectivity index (χ1) is 12.6. The van der Waals surface area contributed by atoms with Gasteiger partial charge in [0.2, 0.25) is 0 Å². The number of imidazole rings is 1. The average Bonchev–Trinajstić information content (AvgIpc) is 2.92. The number of hydrogen-bond acceptors (Lipinski definition) is 5. The molecule has 138 valence electrons. The molecule has 1 aliphatic heterocycles. The van der Waals surface area contributed by atoms with E-state index in [2.05, 4.69) is 10.3 Å². The van der Waals surface area contributed by atoms with E-state index in [1.54, 1.807) is 32.0 Å². The Morgan fingerprint density at radius 1 is 1.19 bits per heavy atom. The van der Waals surface area contributed by atoms with E-state index in [9.17, 15) is 4.79 Å². The van der Waals surface area contributed by atoms with Crippen LogP contribution in [0.3, 0.4) is 0 Å². The molecule has 1 fully saturated rings.